The molecule has 0 saturated heterocycles. The van der Waals surface area contributed by atoms with Gasteiger partial charge in [-0.1, -0.05) is 29.3 Å². The standard InChI is InChI=1S/C15H16ClNS/c1-12-3-7-14(8-4-12)17(2)11-18-15-9-5-13(16)6-10-15/h3-10H,11H2,1-2H3. The van der Waals surface area contributed by atoms with E-state index in [1.165, 1.54) is 16.1 Å². The fourth-order valence-corrected chi connectivity index (χ4v) is 2.52. The summed E-state index contributed by atoms with van der Waals surface area (Å²) >= 11 is 7.67. The Labute approximate surface area is 118 Å². The molecular formula is C15H16ClNS. The number of rotatable bonds is 4. The summed E-state index contributed by atoms with van der Waals surface area (Å²) < 4.78 is 0. The van der Waals surface area contributed by atoms with E-state index in [1.54, 1.807) is 11.8 Å². The molecule has 0 atom stereocenters. The maximum Gasteiger partial charge on any atom is 0.0682 e. The van der Waals surface area contributed by atoms with Gasteiger partial charge in [-0.3, -0.25) is 0 Å². The smallest absolute Gasteiger partial charge is 0.0682 e. The van der Waals surface area contributed by atoms with Crippen LogP contribution in [-0.4, -0.2) is 12.9 Å². The minimum Gasteiger partial charge on any atom is -0.365 e. The number of hydrogen-bond donors (Lipinski definition) is 0. The highest BCUT2D eigenvalue weighted by atomic mass is 35.5. The second kappa shape index (κ2) is 6.17. The maximum absolute atomic E-state index is 5.87. The molecule has 0 saturated carbocycles. The van der Waals surface area contributed by atoms with Gasteiger partial charge in [-0.25, -0.2) is 0 Å². The summed E-state index contributed by atoms with van der Waals surface area (Å²) in [5.74, 6) is 0.921. The Bertz CT molecular complexity index is 493. The van der Waals surface area contributed by atoms with Crippen LogP contribution in [0, 0.1) is 6.92 Å². The first-order chi connectivity index (χ1) is 8.65. The van der Waals surface area contributed by atoms with Gasteiger partial charge in [-0.05, 0) is 43.3 Å². The normalized spacial score (nSPS) is 10.4. The second-order valence-corrected chi connectivity index (χ2v) is 5.72. The third-order valence-corrected chi connectivity index (χ3v) is 4.09. The molecule has 0 radical (unpaired) electrons. The third-order valence-electron chi connectivity index (χ3n) is 2.71. The van der Waals surface area contributed by atoms with Crippen molar-refractivity contribution in [3.05, 3.63) is 59.1 Å². The number of halogens is 1. The maximum atomic E-state index is 5.87. The lowest BCUT2D eigenvalue weighted by molar-refractivity contribution is 1.09. The van der Waals surface area contributed by atoms with E-state index in [4.69, 9.17) is 11.6 Å². The lowest BCUT2D eigenvalue weighted by Gasteiger charge is -2.18. The molecule has 0 amide bonds. The van der Waals surface area contributed by atoms with Crippen LogP contribution in [0.3, 0.4) is 0 Å². The van der Waals surface area contributed by atoms with Crippen LogP contribution in [0.4, 0.5) is 5.69 Å². The van der Waals surface area contributed by atoms with Crippen molar-refractivity contribution in [2.75, 3.05) is 17.8 Å². The van der Waals surface area contributed by atoms with Crippen LogP contribution < -0.4 is 4.90 Å². The van der Waals surface area contributed by atoms with Crippen molar-refractivity contribution in [2.45, 2.75) is 11.8 Å². The molecule has 3 heteroatoms. The van der Waals surface area contributed by atoms with Gasteiger partial charge in [0.2, 0.25) is 0 Å². The highest BCUT2D eigenvalue weighted by Crippen LogP contribution is 2.23. The van der Waals surface area contributed by atoms with Gasteiger partial charge in [0.1, 0.15) is 0 Å². The van der Waals surface area contributed by atoms with Crippen molar-refractivity contribution < 1.29 is 0 Å². The van der Waals surface area contributed by atoms with Gasteiger partial charge in [0, 0.05) is 22.7 Å². The molecule has 0 fully saturated rings. The van der Waals surface area contributed by atoms with Crippen molar-refractivity contribution in [3.63, 3.8) is 0 Å². The van der Waals surface area contributed by atoms with E-state index in [0.29, 0.717) is 0 Å². The van der Waals surface area contributed by atoms with Crippen molar-refractivity contribution in [3.8, 4) is 0 Å². The minimum absolute atomic E-state index is 0.784. The summed E-state index contributed by atoms with van der Waals surface area (Å²) in [4.78, 5) is 3.47. The molecule has 0 aliphatic carbocycles. The lowest BCUT2D eigenvalue weighted by atomic mass is 10.2. The minimum atomic E-state index is 0.784. The number of thioether (sulfide) groups is 1. The van der Waals surface area contributed by atoms with Gasteiger partial charge < -0.3 is 4.90 Å². The third kappa shape index (κ3) is 3.69. The topological polar surface area (TPSA) is 3.24 Å². The van der Waals surface area contributed by atoms with Crippen molar-refractivity contribution in [2.24, 2.45) is 0 Å². The summed E-state index contributed by atoms with van der Waals surface area (Å²) in [5.41, 5.74) is 2.53. The molecule has 2 aromatic rings. The highest BCUT2D eigenvalue weighted by Gasteiger charge is 2.01. The molecule has 0 heterocycles. The number of aryl methyl sites for hydroxylation is 1. The summed E-state index contributed by atoms with van der Waals surface area (Å²) in [6.45, 7) is 2.10. The van der Waals surface area contributed by atoms with E-state index >= 15 is 0 Å². The molecule has 1 nitrogen and oxygen atoms in total. The van der Waals surface area contributed by atoms with E-state index in [-0.39, 0.29) is 0 Å². The number of hydrogen-bond acceptors (Lipinski definition) is 2. The summed E-state index contributed by atoms with van der Waals surface area (Å²) in [6.07, 6.45) is 0. The largest absolute Gasteiger partial charge is 0.365 e. The molecule has 0 unspecified atom stereocenters. The van der Waals surface area contributed by atoms with Crippen LogP contribution in [0.15, 0.2) is 53.4 Å². The summed E-state index contributed by atoms with van der Waals surface area (Å²) in [6, 6.07) is 16.5. The van der Waals surface area contributed by atoms with E-state index in [9.17, 15) is 0 Å². The molecule has 0 bridgehead atoms. The summed E-state index contributed by atoms with van der Waals surface area (Å²) in [5, 5.41) is 0.784. The fraction of sp³-hybridized carbons (Fsp3) is 0.200. The first kappa shape index (κ1) is 13.3. The number of nitrogens with zero attached hydrogens (tertiary/aromatic N) is 1. The number of benzene rings is 2. The van der Waals surface area contributed by atoms with Gasteiger partial charge in [0.05, 0.1) is 5.88 Å². The van der Waals surface area contributed by atoms with Crippen molar-refractivity contribution >= 4 is 29.1 Å². The quantitative estimate of drug-likeness (QED) is 0.581. The average Bonchev–Trinajstić information content (AvgIpc) is 2.38. The van der Waals surface area contributed by atoms with E-state index < -0.39 is 0 Å². The Hall–Kier alpha value is -1.12. The zero-order chi connectivity index (χ0) is 13.0. The van der Waals surface area contributed by atoms with Gasteiger partial charge >= 0.3 is 0 Å². The average molecular weight is 278 g/mol. The van der Waals surface area contributed by atoms with E-state index in [2.05, 4.69) is 55.3 Å². The van der Waals surface area contributed by atoms with Gasteiger partial charge in [0.15, 0.2) is 0 Å². The Morgan fingerprint density at radius 2 is 1.61 bits per heavy atom. The molecule has 2 rings (SSSR count). The van der Waals surface area contributed by atoms with Crippen LogP contribution in [0.25, 0.3) is 0 Å². The summed E-state index contributed by atoms with van der Waals surface area (Å²) in [7, 11) is 2.10. The zero-order valence-corrected chi connectivity index (χ0v) is 12.1. The Kier molecular flexibility index (Phi) is 4.56. The molecule has 0 spiro atoms. The molecule has 2 aromatic carbocycles. The first-order valence-corrected chi connectivity index (χ1v) is 7.18. The lowest BCUT2D eigenvalue weighted by Crippen LogP contribution is -2.15. The van der Waals surface area contributed by atoms with Gasteiger partial charge in [0.25, 0.3) is 0 Å². The van der Waals surface area contributed by atoms with Gasteiger partial charge in [-0.15, -0.1) is 11.8 Å². The zero-order valence-electron chi connectivity index (χ0n) is 10.6. The molecular weight excluding hydrogens is 262 g/mol. The Balaban J connectivity index is 1.93. The van der Waals surface area contributed by atoms with E-state index in [1.807, 2.05) is 12.1 Å². The monoisotopic (exact) mass is 277 g/mol. The molecule has 18 heavy (non-hydrogen) atoms. The van der Waals surface area contributed by atoms with Crippen LogP contribution in [0.2, 0.25) is 5.02 Å². The van der Waals surface area contributed by atoms with Crippen molar-refractivity contribution in [1.29, 1.82) is 0 Å². The molecule has 0 aliphatic heterocycles. The SMILES string of the molecule is Cc1ccc(N(C)CSc2ccc(Cl)cc2)cc1. The molecule has 0 aliphatic rings. The first-order valence-electron chi connectivity index (χ1n) is 5.81. The molecule has 0 aromatic heterocycles. The van der Waals surface area contributed by atoms with Crippen LogP contribution in [0.5, 0.6) is 0 Å². The van der Waals surface area contributed by atoms with Gasteiger partial charge in [-0.2, -0.15) is 0 Å². The fourth-order valence-electron chi connectivity index (χ4n) is 1.58. The molecule has 94 valence electrons. The van der Waals surface area contributed by atoms with Crippen molar-refractivity contribution in [1.82, 2.24) is 0 Å². The Morgan fingerprint density at radius 1 is 1.00 bits per heavy atom. The second-order valence-electron chi connectivity index (χ2n) is 4.26. The number of anilines is 1. The highest BCUT2D eigenvalue weighted by molar-refractivity contribution is 7.99. The van der Waals surface area contributed by atoms with E-state index in [0.717, 1.165) is 10.9 Å². The molecule has 0 N–H and O–H groups in total. The van der Waals surface area contributed by atoms with Crippen LogP contribution >= 0.6 is 23.4 Å². The predicted molar refractivity (Wildman–Crippen MR) is 81.8 cm³/mol. The predicted octanol–water partition coefficient (Wildman–Crippen LogP) is 4.83. The van der Waals surface area contributed by atoms with Crippen LogP contribution in [-0.2, 0) is 0 Å². The Morgan fingerprint density at radius 3 is 2.22 bits per heavy atom. The van der Waals surface area contributed by atoms with Crippen LogP contribution in [0.1, 0.15) is 5.56 Å².